The fraction of sp³-hybridized carbons (Fsp3) is 0.600. The van der Waals surface area contributed by atoms with Gasteiger partial charge in [-0.1, -0.05) is 43.6 Å². The Balaban J connectivity index is 2.67. The van der Waals surface area contributed by atoms with E-state index in [1.54, 1.807) is 0 Å². The summed E-state index contributed by atoms with van der Waals surface area (Å²) in [5.41, 5.74) is 1.09. The highest BCUT2D eigenvalue weighted by Gasteiger charge is 2.19. The molecule has 2 unspecified atom stereocenters. The minimum Gasteiger partial charge on any atom is -0.390 e. The van der Waals surface area contributed by atoms with Gasteiger partial charge in [-0.25, -0.2) is 0 Å². The molecule has 108 valence electrons. The second-order valence-corrected chi connectivity index (χ2v) is 5.97. The average Bonchev–Trinajstić information content (AvgIpc) is 2.30. The zero-order chi connectivity index (χ0) is 14.4. The molecule has 2 N–H and O–H groups in total. The molecule has 0 aliphatic carbocycles. The standard InChI is InChI=1S/C15H25ClN2O/c1-11(2)15(13-7-5-6-8-14(13)16)17-9-12(19)10-18(3)4/h5-8,11-12,15,17,19H,9-10H2,1-4H3. The summed E-state index contributed by atoms with van der Waals surface area (Å²) in [7, 11) is 3.91. The van der Waals surface area contributed by atoms with E-state index in [0.29, 0.717) is 19.0 Å². The van der Waals surface area contributed by atoms with Crippen molar-refractivity contribution in [2.24, 2.45) is 5.92 Å². The molecule has 1 aromatic carbocycles. The molecule has 0 aliphatic rings. The lowest BCUT2D eigenvalue weighted by Gasteiger charge is -2.26. The normalized spacial score (nSPS) is 14.9. The molecule has 0 radical (unpaired) electrons. The van der Waals surface area contributed by atoms with Gasteiger partial charge in [0, 0.05) is 24.2 Å². The Hall–Kier alpha value is -0.610. The van der Waals surface area contributed by atoms with E-state index in [1.165, 1.54) is 0 Å². The number of nitrogens with zero attached hydrogens (tertiary/aromatic N) is 1. The Kier molecular flexibility index (Phi) is 6.80. The number of aliphatic hydroxyl groups excluding tert-OH is 1. The van der Waals surface area contributed by atoms with Gasteiger partial charge in [0.1, 0.15) is 0 Å². The van der Waals surface area contributed by atoms with Crippen LogP contribution in [0.15, 0.2) is 24.3 Å². The molecule has 0 saturated heterocycles. The molecule has 0 spiro atoms. The number of aliphatic hydroxyl groups is 1. The van der Waals surface area contributed by atoms with Crippen LogP contribution in [0.25, 0.3) is 0 Å². The molecule has 0 bridgehead atoms. The quantitative estimate of drug-likeness (QED) is 0.808. The molecule has 0 saturated carbocycles. The summed E-state index contributed by atoms with van der Waals surface area (Å²) in [6, 6.07) is 8.03. The van der Waals surface area contributed by atoms with Crippen LogP contribution >= 0.6 is 11.6 Å². The smallest absolute Gasteiger partial charge is 0.0791 e. The number of rotatable bonds is 7. The number of halogens is 1. The maximum absolute atomic E-state index is 9.93. The molecular weight excluding hydrogens is 260 g/mol. The van der Waals surface area contributed by atoms with Gasteiger partial charge in [-0.15, -0.1) is 0 Å². The lowest BCUT2D eigenvalue weighted by molar-refractivity contribution is 0.129. The van der Waals surface area contributed by atoms with Gasteiger partial charge in [-0.2, -0.15) is 0 Å². The van der Waals surface area contributed by atoms with E-state index in [1.807, 2.05) is 43.3 Å². The molecule has 1 rings (SSSR count). The van der Waals surface area contributed by atoms with Crippen LogP contribution in [0.5, 0.6) is 0 Å². The number of likely N-dealkylation sites (N-methyl/N-ethyl adjacent to an activating group) is 1. The summed E-state index contributed by atoms with van der Waals surface area (Å²) in [6.45, 7) is 5.52. The van der Waals surface area contributed by atoms with Crippen LogP contribution < -0.4 is 5.32 Å². The van der Waals surface area contributed by atoms with Crippen molar-refractivity contribution < 1.29 is 5.11 Å². The minimum atomic E-state index is -0.376. The van der Waals surface area contributed by atoms with Crippen molar-refractivity contribution in [3.63, 3.8) is 0 Å². The van der Waals surface area contributed by atoms with Crippen LogP contribution in [-0.2, 0) is 0 Å². The lowest BCUT2D eigenvalue weighted by Crippen LogP contribution is -2.38. The lowest BCUT2D eigenvalue weighted by atomic mass is 9.96. The Morgan fingerprint density at radius 3 is 2.42 bits per heavy atom. The molecule has 0 heterocycles. The summed E-state index contributed by atoms with van der Waals surface area (Å²) in [6.07, 6.45) is -0.376. The molecule has 19 heavy (non-hydrogen) atoms. The van der Waals surface area contributed by atoms with Crippen molar-refractivity contribution in [2.45, 2.75) is 26.0 Å². The third kappa shape index (κ3) is 5.49. The van der Waals surface area contributed by atoms with Crippen molar-refractivity contribution in [1.82, 2.24) is 10.2 Å². The van der Waals surface area contributed by atoms with E-state index in [0.717, 1.165) is 10.6 Å². The van der Waals surface area contributed by atoms with Gasteiger partial charge in [0.05, 0.1) is 6.10 Å². The second-order valence-electron chi connectivity index (χ2n) is 5.57. The first kappa shape index (κ1) is 16.4. The molecule has 0 amide bonds. The van der Waals surface area contributed by atoms with E-state index in [9.17, 15) is 5.11 Å². The van der Waals surface area contributed by atoms with Crippen molar-refractivity contribution in [3.8, 4) is 0 Å². The summed E-state index contributed by atoms with van der Waals surface area (Å²) < 4.78 is 0. The van der Waals surface area contributed by atoms with Crippen LogP contribution in [-0.4, -0.2) is 43.3 Å². The number of benzene rings is 1. The van der Waals surface area contributed by atoms with E-state index in [2.05, 4.69) is 19.2 Å². The molecule has 4 heteroatoms. The monoisotopic (exact) mass is 284 g/mol. The van der Waals surface area contributed by atoms with Gasteiger partial charge in [0.2, 0.25) is 0 Å². The first-order chi connectivity index (χ1) is 8.91. The van der Waals surface area contributed by atoms with Crippen LogP contribution in [0.1, 0.15) is 25.5 Å². The van der Waals surface area contributed by atoms with Crippen molar-refractivity contribution in [3.05, 3.63) is 34.9 Å². The third-order valence-electron chi connectivity index (χ3n) is 3.06. The molecule has 0 aliphatic heterocycles. The highest BCUT2D eigenvalue weighted by Crippen LogP contribution is 2.27. The van der Waals surface area contributed by atoms with Gasteiger partial charge >= 0.3 is 0 Å². The largest absolute Gasteiger partial charge is 0.390 e. The summed E-state index contributed by atoms with van der Waals surface area (Å²) >= 11 is 6.25. The van der Waals surface area contributed by atoms with Crippen LogP contribution in [0, 0.1) is 5.92 Å². The van der Waals surface area contributed by atoms with Crippen LogP contribution in [0.2, 0.25) is 5.02 Å². The van der Waals surface area contributed by atoms with E-state index in [4.69, 9.17) is 11.6 Å². The summed E-state index contributed by atoms with van der Waals surface area (Å²) in [5.74, 6) is 0.409. The van der Waals surface area contributed by atoms with E-state index >= 15 is 0 Å². The highest BCUT2D eigenvalue weighted by molar-refractivity contribution is 6.31. The first-order valence-electron chi connectivity index (χ1n) is 6.72. The van der Waals surface area contributed by atoms with Gasteiger partial charge in [-0.05, 0) is 31.6 Å². The average molecular weight is 285 g/mol. The Morgan fingerprint density at radius 2 is 1.89 bits per heavy atom. The molecule has 0 aromatic heterocycles. The van der Waals surface area contributed by atoms with Crippen molar-refractivity contribution in [1.29, 1.82) is 0 Å². The van der Waals surface area contributed by atoms with Crippen molar-refractivity contribution in [2.75, 3.05) is 27.2 Å². The molecule has 2 atom stereocenters. The summed E-state index contributed by atoms with van der Waals surface area (Å²) in [4.78, 5) is 1.98. The Morgan fingerprint density at radius 1 is 1.26 bits per heavy atom. The topological polar surface area (TPSA) is 35.5 Å². The maximum atomic E-state index is 9.93. The van der Waals surface area contributed by atoms with E-state index < -0.39 is 0 Å². The molecule has 1 aromatic rings. The Bertz CT molecular complexity index is 382. The SMILES string of the molecule is CC(C)C(NCC(O)CN(C)C)c1ccccc1Cl. The fourth-order valence-electron chi connectivity index (χ4n) is 2.18. The number of nitrogens with one attached hydrogen (secondary N) is 1. The molecule has 0 fully saturated rings. The summed E-state index contributed by atoms with van der Waals surface area (Å²) in [5, 5.41) is 14.1. The van der Waals surface area contributed by atoms with Gasteiger partial charge in [0.15, 0.2) is 0 Å². The zero-order valence-electron chi connectivity index (χ0n) is 12.2. The van der Waals surface area contributed by atoms with E-state index in [-0.39, 0.29) is 12.1 Å². The maximum Gasteiger partial charge on any atom is 0.0791 e. The fourth-order valence-corrected chi connectivity index (χ4v) is 2.43. The number of hydrogen-bond donors (Lipinski definition) is 2. The first-order valence-corrected chi connectivity index (χ1v) is 7.10. The van der Waals surface area contributed by atoms with Gasteiger partial charge in [-0.3, -0.25) is 0 Å². The third-order valence-corrected chi connectivity index (χ3v) is 3.40. The van der Waals surface area contributed by atoms with Crippen LogP contribution in [0.3, 0.4) is 0 Å². The van der Waals surface area contributed by atoms with Crippen LogP contribution in [0.4, 0.5) is 0 Å². The Labute approximate surface area is 121 Å². The van der Waals surface area contributed by atoms with Crippen molar-refractivity contribution >= 4 is 11.6 Å². The van der Waals surface area contributed by atoms with Gasteiger partial charge < -0.3 is 15.3 Å². The highest BCUT2D eigenvalue weighted by atomic mass is 35.5. The zero-order valence-corrected chi connectivity index (χ0v) is 13.0. The predicted octanol–water partition coefficient (Wildman–Crippen LogP) is 2.55. The minimum absolute atomic E-state index is 0.158. The molecule has 3 nitrogen and oxygen atoms in total. The molecular formula is C15H25ClN2O. The second kappa shape index (κ2) is 7.85. The predicted molar refractivity (Wildman–Crippen MR) is 81.6 cm³/mol. The number of hydrogen-bond acceptors (Lipinski definition) is 3. The van der Waals surface area contributed by atoms with Gasteiger partial charge in [0.25, 0.3) is 0 Å².